The van der Waals surface area contributed by atoms with Gasteiger partial charge in [-0.3, -0.25) is 14.9 Å². The Balaban J connectivity index is 2.10. The van der Waals surface area contributed by atoms with Crippen LogP contribution in [0.5, 0.6) is 0 Å². The smallest absolute Gasteiger partial charge is 0.245 e. The fourth-order valence-electron chi connectivity index (χ4n) is 2.86. The van der Waals surface area contributed by atoms with Crippen LogP contribution < -0.4 is 5.32 Å². The zero-order valence-corrected chi connectivity index (χ0v) is 13.0. The minimum absolute atomic E-state index is 0.0352. The predicted molar refractivity (Wildman–Crippen MR) is 84.4 cm³/mol. The van der Waals surface area contributed by atoms with Crippen molar-refractivity contribution in [3.8, 4) is 0 Å². The third-order valence-electron chi connectivity index (χ3n) is 3.93. The maximum Gasteiger partial charge on any atom is 0.245 e. The van der Waals surface area contributed by atoms with Crippen LogP contribution in [-0.2, 0) is 19.4 Å². The van der Waals surface area contributed by atoms with Crippen LogP contribution in [-0.4, -0.2) is 25.5 Å². The molecule has 23 heavy (non-hydrogen) atoms. The van der Waals surface area contributed by atoms with Gasteiger partial charge in [0.05, 0.1) is 4.90 Å². The van der Waals surface area contributed by atoms with Crippen molar-refractivity contribution < 1.29 is 18.0 Å². The van der Waals surface area contributed by atoms with E-state index in [4.69, 9.17) is 0 Å². The third-order valence-corrected chi connectivity index (χ3v) is 6.07. The minimum Gasteiger partial charge on any atom is -0.295 e. The quantitative estimate of drug-likeness (QED) is 0.869. The van der Waals surface area contributed by atoms with Gasteiger partial charge < -0.3 is 0 Å². The van der Waals surface area contributed by atoms with Gasteiger partial charge in [-0.05, 0) is 17.7 Å². The van der Waals surface area contributed by atoms with Crippen LogP contribution in [0.4, 0.5) is 0 Å². The highest BCUT2D eigenvalue weighted by molar-refractivity contribution is 7.92. The first kappa shape index (κ1) is 15.4. The lowest BCUT2D eigenvalue weighted by Gasteiger charge is -2.30. The molecule has 0 aromatic heterocycles. The molecule has 1 heterocycles. The number of carbonyl (C=O) groups excluding carboxylic acids is 2. The van der Waals surface area contributed by atoms with Gasteiger partial charge in [0.25, 0.3) is 0 Å². The second-order valence-electron chi connectivity index (χ2n) is 5.41. The molecule has 5 nitrogen and oxygen atoms in total. The van der Waals surface area contributed by atoms with Gasteiger partial charge in [0.1, 0.15) is 0 Å². The summed E-state index contributed by atoms with van der Waals surface area (Å²) < 4.78 is 25.8. The molecule has 2 aromatic carbocycles. The van der Waals surface area contributed by atoms with Crippen molar-refractivity contribution >= 4 is 21.7 Å². The number of nitrogens with one attached hydrogen (secondary N) is 1. The summed E-state index contributed by atoms with van der Waals surface area (Å²) in [7, 11) is -3.90. The van der Waals surface area contributed by atoms with Crippen LogP contribution in [0.15, 0.2) is 65.6 Å². The van der Waals surface area contributed by atoms with E-state index >= 15 is 0 Å². The van der Waals surface area contributed by atoms with Crippen molar-refractivity contribution in [3.05, 3.63) is 66.2 Å². The molecule has 1 aliphatic heterocycles. The van der Waals surface area contributed by atoms with E-state index in [2.05, 4.69) is 5.32 Å². The summed E-state index contributed by atoms with van der Waals surface area (Å²) in [5.74, 6) is -1.91. The average Bonchev–Trinajstić information content (AvgIpc) is 2.55. The SMILES string of the molecule is O=C1CC(c2ccccc2)C(S(=O)(=O)c2ccccc2)C(=O)N1. The molecular weight excluding hydrogens is 314 g/mol. The lowest BCUT2D eigenvalue weighted by Crippen LogP contribution is -2.51. The highest BCUT2D eigenvalue weighted by Crippen LogP contribution is 2.34. The second kappa shape index (κ2) is 5.96. The van der Waals surface area contributed by atoms with Crippen molar-refractivity contribution in [2.75, 3.05) is 0 Å². The van der Waals surface area contributed by atoms with Gasteiger partial charge in [0.15, 0.2) is 15.1 Å². The first-order valence-corrected chi connectivity index (χ1v) is 8.72. The molecule has 2 unspecified atom stereocenters. The zero-order chi connectivity index (χ0) is 16.4. The van der Waals surface area contributed by atoms with E-state index in [9.17, 15) is 18.0 Å². The maximum absolute atomic E-state index is 12.9. The van der Waals surface area contributed by atoms with E-state index < -0.39 is 32.8 Å². The fourth-order valence-corrected chi connectivity index (χ4v) is 4.71. The summed E-state index contributed by atoms with van der Waals surface area (Å²) in [6.07, 6.45) is -0.0352. The van der Waals surface area contributed by atoms with Crippen molar-refractivity contribution in [2.45, 2.75) is 22.5 Å². The average molecular weight is 329 g/mol. The molecule has 1 saturated heterocycles. The topological polar surface area (TPSA) is 80.3 Å². The summed E-state index contributed by atoms with van der Waals surface area (Å²) in [5, 5.41) is 0.833. The molecule has 0 aliphatic carbocycles. The Labute approximate surface area is 134 Å². The Morgan fingerprint density at radius 1 is 0.870 bits per heavy atom. The molecule has 0 radical (unpaired) electrons. The van der Waals surface area contributed by atoms with E-state index in [0.717, 1.165) is 0 Å². The zero-order valence-electron chi connectivity index (χ0n) is 12.2. The number of hydrogen-bond acceptors (Lipinski definition) is 4. The number of hydrogen-bond donors (Lipinski definition) is 1. The van der Waals surface area contributed by atoms with Crippen LogP contribution in [0, 0.1) is 0 Å². The highest BCUT2D eigenvalue weighted by atomic mass is 32.2. The van der Waals surface area contributed by atoms with Gasteiger partial charge in [0.2, 0.25) is 11.8 Å². The summed E-state index contributed by atoms with van der Waals surface area (Å²) >= 11 is 0. The third kappa shape index (κ3) is 2.90. The van der Waals surface area contributed by atoms with Crippen molar-refractivity contribution in [3.63, 3.8) is 0 Å². The summed E-state index contributed by atoms with van der Waals surface area (Å²) in [4.78, 5) is 24.1. The maximum atomic E-state index is 12.9. The standard InChI is InChI=1S/C17H15NO4S/c19-15-11-14(12-7-3-1-4-8-12)16(17(20)18-15)23(21,22)13-9-5-2-6-10-13/h1-10,14,16H,11H2,(H,18,19,20). The van der Waals surface area contributed by atoms with Gasteiger partial charge in [-0.1, -0.05) is 48.5 Å². The van der Waals surface area contributed by atoms with Crippen molar-refractivity contribution in [1.82, 2.24) is 5.32 Å². The minimum atomic E-state index is -3.90. The van der Waals surface area contributed by atoms with Crippen LogP contribution in [0.2, 0.25) is 0 Å². The largest absolute Gasteiger partial charge is 0.295 e. The van der Waals surface area contributed by atoms with Gasteiger partial charge in [-0.25, -0.2) is 8.42 Å². The Bertz CT molecular complexity index is 831. The summed E-state index contributed by atoms with van der Waals surface area (Å²) in [6, 6.07) is 16.6. The Morgan fingerprint density at radius 3 is 2.04 bits per heavy atom. The van der Waals surface area contributed by atoms with Gasteiger partial charge >= 0.3 is 0 Å². The number of carbonyl (C=O) groups is 2. The molecule has 0 saturated carbocycles. The van der Waals surface area contributed by atoms with Crippen molar-refractivity contribution in [1.29, 1.82) is 0 Å². The second-order valence-corrected chi connectivity index (χ2v) is 7.48. The Morgan fingerprint density at radius 2 is 1.43 bits per heavy atom. The number of piperidine rings is 1. The first-order valence-electron chi connectivity index (χ1n) is 7.18. The van der Waals surface area contributed by atoms with Crippen LogP contribution in [0.1, 0.15) is 17.9 Å². The molecule has 1 N–H and O–H groups in total. The molecule has 6 heteroatoms. The lowest BCUT2D eigenvalue weighted by molar-refractivity contribution is -0.133. The van der Waals surface area contributed by atoms with Gasteiger partial charge in [-0.2, -0.15) is 0 Å². The number of rotatable bonds is 3. The van der Waals surface area contributed by atoms with Gasteiger partial charge in [-0.15, -0.1) is 0 Å². The van der Waals surface area contributed by atoms with E-state index in [1.54, 1.807) is 48.5 Å². The first-order chi connectivity index (χ1) is 11.0. The predicted octanol–water partition coefficient (Wildman–Crippen LogP) is 1.66. The van der Waals surface area contributed by atoms with Crippen molar-refractivity contribution in [2.24, 2.45) is 0 Å². The number of imide groups is 1. The van der Waals surface area contributed by atoms with Crippen LogP contribution in [0.3, 0.4) is 0 Å². The monoisotopic (exact) mass is 329 g/mol. The number of amides is 2. The molecule has 3 rings (SSSR count). The van der Waals surface area contributed by atoms with Crippen LogP contribution >= 0.6 is 0 Å². The molecule has 1 fully saturated rings. The number of benzene rings is 2. The Kier molecular flexibility index (Phi) is 4.00. The van der Waals surface area contributed by atoms with E-state index in [1.165, 1.54) is 12.1 Å². The van der Waals surface area contributed by atoms with Gasteiger partial charge in [0, 0.05) is 12.3 Å². The molecule has 118 valence electrons. The fraction of sp³-hybridized carbons (Fsp3) is 0.176. The summed E-state index contributed by atoms with van der Waals surface area (Å²) in [5.41, 5.74) is 0.667. The number of sulfone groups is 1. The normalized spacial score (nSPS) is 21.7. The molecular formula is C17H15NO4S. The highest BCUT2D eigenvalue weighted by Gasteiger charge is 2.45. The molecule has 2 atom stereocenters. The molecule has 0 spiro atoms. The lowest BCUT2D eigenvalue weighted by atomic mass is 9.89. The molecule has 1 aliphatic rings. The molecule has 2 amide bonds. The van der Waals surface area contributed by atoms with E-state index in [-0.39, 0.29) is 11.3 Å². The molecule has 0 bridgehead atoms. The van der Waals surface area contributed by atoms with E-state index in [1.807, 2.05) is 0 Å². The van der Waals surface area contributed by atoms with E-state index in [0.29, 0.717) is 5.56 Å². The Hall–Kier alpha value is -2.47. The molecule has 2 aromatic rings. The summed E-state index contributed by atoms with van der Waals surface area (Å²) in [6.45, 7) is 0. The van der Waals surface area contributed by atoms with Crippen LogP contribution in [0.25, 0.3) is 0 Å².